The van der Waals surface area contributed by atoms with Crippen molar-refractivity contribution < 1.29 is 27.4 Å². The molecule has 25 heavy (non-hydrogen) atoms. The maximum absolute atomic E-state index is 13.0. The molecule has 0 unspecified atom stereocenters. The van der Waals surface area contributed by atoms with E-state index in [4.69, 9.17) is 15.2 Å². The number of ether oxygens (including phenoxy) is 2. The molecular formula is C15H21F3N4O3. The van der Waals surface area contributed by atoms with Crippen LogP contribution in [0.4, 0.5) is 23.9 Å². The molecule has 0 saturated carbocycles. The van der Waals surface area contributed by atoms with Gasteiger partial charge in [0.05, 0.1) is 6.54 Å². The number of rotatable bonds is 2. The fourth-order valence-corrected chi connectivity index (χ4v) is 2.35. The molecular weight excluding hydrogens is 341 g/mol. The van der Waals surface area contributed by atoms with Crippen molar-refractivity contribution in [2.45, 2.75) is 51.5 Å². The first-order chi connectivity index (χ1) is 11.5. The number of carbonyl (C=O) groups excluding carboxylic acids is 1. The highest BCUT2D eigenvalue weighted by Crippen LogP contribution is 2.35. The van der Waals surface area contributed by atoms with Crippen LogP contribution in [0.15, 0.2) is 6.20 Å². The fraction of sp³-hybridized carbons (Fsp3) is 0.667. The Labute approximate surface area is 143 Å². The lowest BCUT2D eigenvalue weighted by molar-refractivity contribution is -0.140. The number of nitrogens with two attached hydrogens (primary N) is 1. The summed E-state index contributed by atoms with van der Waals surface area (Å²) in [5.41, 5.74) is 3.61. The number of anilines is 1. The first-order valence-corrected chi connectivity index (χ1v) is 7.80. The predicted octanol–water partition coefficient (Wildman–Crippen LogP) is 2.86. The molecule has 1 aromatic rings. The second kappa shape index (κ2) is 6.93. The van der Waals surface area contributed by atoms with Gasteiger partial charge in [0.1, 0.15) is 17.3 Å². The Morgan fingerprint density at radius 2 is 2.04 bits per heavy atom. The number of halogens is 3. The molecule has 10 heteroatoms. The first-order valence-electron chi connectivity index (χ1n) is 7.80. The molecule has 0 bridgehead atoms. The third kappa shape index (κ3) is 5.36. The minimum absolute atomic E-state index is 0.107. The van der Waals surface area contributed by atoms with Crippen molar-refractivity contribution >= 4 is 12.0 Å². The van der Waals surface area contributed by atoms with Gasteiger partial charge in [-0.05, 0) is 33.6 Å². The summed E-state index contributed by atoms with van der Waals surface area (Å²) in [4.78, 5) is 20.4. The van der Waals surface area contributed by atoms with Crippen molar-refractivity contribution in [3.63, 3.8) is 0 Å². The van der Waals surface area contributed by atoms with E-state index in [1.165, 1.54) is 4.90 Å². The third-order valence-electron chi connectivity index (χ3n) is 3.39. The van der Waals surface area contributed by atoms with Crippen molar-refractivity contribution in [1.82, 2.24) is 14.9 Å². The molecule has 0 radical (unpaired) electrons. The summed E-state index contributed by atoms with van der Waals surface area (Å²) in [6.07, 6.45) is -4.18. The lowest BCUT2D eigenvalue weighted by atomic mass is 10.1. The molecule has 2 rings (SSSR count). The number of amides is 1. The molecule has 140 valence electrons. The molecule has 0 aliphatic carbocycles. The van der Waals surface area contributed by atoms with Gasteiger partial charge in [0, 0.05) is 12.7 Å². The standard InChI is InChI=1S/C15H21F3N4O3/c1-14(2,3)25-13(23)22-6-4-5-9(8-22)24-11-10(15(16,17)18)7-20-12(19)21-11/h7,9H,4-6,8H2,1-3H3,(H2,19,20,21)/t9-/m0/s1. The van der Waals surface area contributed by atoms with E-state index in [0.717, 1.165) is 0 Å². The molecule has 2 heterocycles. The van der Waals surface area contributed by atoms with Crippen LogP contribution in [0.1, 0.15) is 39.2 Å². The molecule has 7 nitrogen and oxygen atoms in total. The summed E-state index contributed by atoms with van der Waals surface area (Å²) in [6.45, 7) is 5.77. The van der Waals surface area contributed by atoms with E-state index in [0.29, 0.717) is 25.6 Å². The van der Waals surface area contributed by atoms with Gasteiger partial charge in [0.25, 0.3) is 0 Å². The Morgan fingerprint density at radius 1 is 1.36 bits per heavy atom. The van der Waals surface area contributed by atoms with Gasteiger partial charge in [-0.1, -0.05) is 0 Å². The van der Waals surface area contributed by atoms with Gasteiger partial charge < -0.3 is 20.1 Å². The summed E-state index contributed by atoms with van der Waals surface area (Å²) in [7, 11) is 0. The number of alkyl halides is 3. The number of nitrogen functional groups attached to an aromatic ring is 1. The van der Waals surface area contributed by atoms with Crippen molar-refractivity contribution in [1.29, 1.82) is 0 Å². The zero-order valence-electron chi connectivity index (χ0n) is 14.3. The number of aromatic nitrogens is 2. The first kappa shape index (κ1) is 19.1. The maximum Gasteiger partial charge on any atom is 0.423 e. The summed E-state index contributed by atoms with van der Waals surface area (Å²) < 4.78 is 49.8. The van der Waals surface area contributed by atoms with Gasteiger partial charge in [-0.2, -0.15) is 18.2 Å². The number of likely N-dealkylation sites (tertiary alicyclic amines) is 1. The van der Waals surface area contributed by atoms with E-state index in [1.807, 2.05) is 0 Å². The van der Waals surface area contributed by atoms with Crippen LogP contribution in [-0.2, 0) is 10.9 Å². The zero-order valence-corrected chi connectivity index (χ0v) is 14.3. The molecule has 0 aromatic carbocycles. The van der Waals surface area contributed by atoms with Gasteiger partial charge in [-0.3, -0.25) is 0 Å². The molecule has 2 N–H and O–H groups in total. The molecule has 0 spiro atoms. The van der Waals surface area contributed by atoms with Crippen molar-refractivity contribution in [3.8, 4) is 5.88 Å². The molecule has 1 saturated heterocycles. The fourth-order valence-electron chi connectivity index (χ4n) is 2.35. The van der Waals surface area contributed by atoms with Crippen LogP contribution in [0, 0.1) is 0 Å². The molecule has 1 atom stereocenters. The second-order valence-corrected chi connectivity index (χ2v) is 6.75. The van der Waals surface area contributed by atoms with Gasteiger partial charge in [-0.25, -0.2) is 9.78 Å². The number of nitrogens with zero attached hydrogens (tertiary/aromatic N) is 3. The number of hydrogen-bond acceptors (Lipinski definition) is 6. The van der Waals surface area contributed by atoms with Crippen LogP contribution in [0.25, 0.3) is 0 Å². The Morgan fingerprint density at radius 3 is 2.64 bits per heavy atom. The summed E-state index contributed by atoms with van der Waals surface area (Å²) in [5, 5.41) is 0. The van der Waals surface area contributed by atoms with E-state index in [1.54, 1.807) is 20.8 Å². The maximum atomic E-state index is 13.0. The van der Waals surface area contributed by atoms with Crippen LogP contribution < -0.4 is 10.5 Å². The van der Waals surface area contributed by atoms with Crippen molar-refractivity contribution in [2.24, 2.45) is 0 Å². The lowest BCUT2D eigenvalue weighted by Gasteiger charge is -2.34. The van der Waals surface area contributed by atoms with Crippen molar-refractivity contribution in [2.75, 3.05) is 18.8 Å². The normalized spacial score (nSPS) is 18.8. The largest absolute Gasteiger partial charge is 0.472 e. The second-order valence-electron chi connectivity index (χ2n) is 6.75. The Hall–Kier alpha value is -2.26. The number of piperidine rings is 1. The Bertz CT molecular complexity index is 631. The minimum atomic E-state index is -4.66. The van der Waals surface area contributed by atoms with Gasteiger partial charge in [0.2, 0.25) is 11.8 Å². The highest BCUT2D eigenvalue weighted by molar-refractivity contribution is 5.68. The van der Waals surface area contributed by atoms with Crippen molar-refractivity contribution in [3.05, 3.63) is 11.8 Å². The molecule has 1 aromatic heterocycles. The van der Waals surface area contributed by atoms with E-state index in [-0.39, 0.29) is 12.5 Å². The van der Waals surface area contributed by atoms with E-state index in [9.17, 15) is 18.0 Å². The van der Waals surface area contributed by atoms with Crippen LogP contribution in [0.5, 0.6) is 5.88 Å². The Kier molecular flexibility index (Phi) is 5.28. The molecule has 1 amide bonds. The van der Waals surface area contributed by atoms with E-state index < -0.39 is 35.4 Å². The smallest absolute Gasteiger partial charge is 0.423 e. The summed E-state index contributed by atoms with van der Waals surface area (Å²) in [6, 6.07) is 0. The Balaban J connectivity index is 2.11. The van der Waals surface area contributed by atoms with E-state index in [2.05, 4.69) is 9.97 Å². The quantitative estimate of drug-likeness (QED) is 0.870. The lowest BCUT2D eigenvalue weighted by Crippen LogP contribution is -2.46. The topological polar surface area (TPSA) is 90.6 Å². The SMILES string of the molecule is CC(C)(C)OC(=O)N1CCC[C@H](Oc2nc(N)ncc2C(F)(F)F)C1. The molecule has 1 fully saturated rings. The number of hydrogen-bond donors (Lipinski definition) is 1. The molecule has 1 aliphatic heterocycles. The predicted molar refractivity (Wildman–Crippen MR) is 82.9 cm³/mol. The van der Waals surface area contributed by atoms with Gasteiger partial charge in [-0.15, -0.1) is 0 Å². The summed E-state index contributed by atoms with van der Waals surface area (Å²) >= 11 is 0. The summed E-state index contributed by atoms with van der Waals surface area (Å²) in [5.74, 6) is -0.946. The van der Waals surface area contributed by atoms with Gasteiger partial charge >= 0.3 is 12.3 Å². The number of carbonyl (C=O) groups is 1. The molecule has 1 aliphatic rings. The minimum Gasteiger partial charge on any atom is -0.472 e. The highest BCUT2D eigenvalue weighted by Gasteiger charge is 2.37. The van der Waals surface area contributed by atoms with Gasteiger partial charge in [0.15, 0.2) is 0 Å². The average molecular weight is 362 g/mol. The average Bonchev–Trinajstić information content (AvgIpc) is 2.44. The van der Waals surface area contributed by atoms with E-state index >= 15 is 0 Å². The zero-order chi connectivity index (χ0) is 18.8. The highest BCUT2D eigenvalue weighted by atomic mass is 19.4. The monoisotopic (exact) mass is 362 g/mol. The van der Waals surface area contributed by atoms with Crippen LogP contribution >= 0.6 is 0 Å². The van der Waals surface area contributed by atoms with Crippen LogP contribution in [0.3, 0.4) is 0 Å². The van der Waals surface area contributed by atoms with Crippen LogP contribution in [-0.4, -0.2) is 45.8 Å². The third-order valence-corrected chi connectivity index (χ3v) is 3.39. The van der Waals surface area contributed by atoms with Crippen LogP contribution in [0.2, 0.25) is 0 Å².